The van der Waals surface area contributed by atoms with Crippen LogP contribution in [-0.4, -0.2) is 26.5 Å². The predicted molar refractivity (Wildman–Crippen MR) is 68.0 cm³/mol. The van der Waals surface area contributed by atoms with Crippen LogP contribution < -0.4 is 4.74 Å². The third-order valence-electron chi connectivity index (χ3n) is 2.91. The fourth-order valence-electron chi connectivity index (χ4n) is 1.74. The van der Waals surface area contributed by atoms with E-state index in [4.69, 9.17) is 4.74 Å². The smallest absolute Gasteiger partial charge is 0.175 e. The van der Waals surface area contributed by atoms with Crippen LogP contribution in [0.5, 0.6) is 5.75 Å². The number of rotatable bonds is 1. The standard InChI is InChI=1S/C11H10BrNO3S/c1-17(14,15)7-4-8(12)10-9(5-7)13-6-11(16-10)2-3-11/h4-6H,2-3H2,1H3. The molecule has 0 radical (unpaired) electrons. The van der Waals surface area contributed by atoms with Gasteiger partial charge in [0.1, 0.15) is 11.3 Å². The van der Waals surface area contributed by atoms with Crippen molar-refractivity contribution in [2.45, 2.75) is 23.3 Å². The van der Waals surface area contributed by atoms with Crippen molar-refractivity contribution < 1.29 is 13.2 Å². The van der Waals surface area contributed by atoms with Gasteiger partial charge in [-0.05, 0) is 40.9 Å². The maximum absolute atomic E-state index is 11.5. The quantitative estimate of drug-likeness (QED) is 0.800. The highest BCUT2D eigenvalue weighted by Crippen LogP contribution is 2.48. The third-order valence-corrected chi connectivity index (χ3v) is 4.59. The lowest BCUT2D eigenvalue weighted by molar-refractivity contribution is 0.248. The minimum atomic E-state index is -3.23. The van der Waals surface area contributed by atoms with E-state index >= 15 is 0 Å². The van der Waals surface area contributed by atoms with E-state index < -0.39 is 9.84 Å². The summed E-state index contributed by atoms with van der Waals surface area (Å²) >= 11 is 3.34. The van der Waals surface area contributed by atoms with Crippen LogP contribution in [0.3, 0.4) is 0 Å². The molecular formula is C11H10BrNO3S. The fraction of sp³-hybridized carbons (Fsp3) is 0.364. The second-order valence-corrected chi connectivity index (χ2v) is 7.32. The largest absolute Gasteiger partial charge is 0.478 e. The first kappa shape index (κ1) is 11.2. The zero-order valence-corrected chi connectivity index (χ0v) is 11.5. The van der Waals surface area contributed by atoms with E-state index in [9.17, 15) is 8.42 Å². The highest BCUT2D eigenvalue weighted by molar-refractivity contribution is 9.10. The Labute approximate surface area is 108 Å². The first-order valence-electron chi connectivity index (χ1n) is 5.18. The molecule has 1 fully saturated rings. The Kier molecular flexibility index (Phi) is 2.19. The van der Waals surface area contributed by atoms with Gasteiger partial charge in [-0.3, -0.25) is 4.99 Å². The van der Waals surface area contributed by atoms with E-state index in [-0.39, 0.29) is 10.5 Å². The van der Waals surface area contributed by atoms with E-state index in [2.05, 4.69) is 20.9 Å². The molecule has 1 heterocycles. The van der Waals surface area contributed by atoms with Crippen molar-refractivity contribution in [1.82, 2.24) is 0 Å². The lowest BCUT2D eigenvalue weighted by Gasteiger charge is -2.21. The van der Waals surface area contributed by atoms with Crippen LogP contribution >= 0.6 is 15.9 Å². The number of aliphatic imine (C=N–C) groups is 1. The molecule has 0 bridgehead atoms. The summed E-state index contributed by atoms with van der Waals surface area (Å²) in [5.41, 5.74) is 0.333. The van der Waals surface area contributed by atoms with Crippen molar-refractivity contribution in [2.75, 3.05) is 6.26 Å². The van der Waals surface area contributed by atoms with E-state index in [1.807, 2.05) is 0 Å². The summed E-state index contributed by atoms with van der Waals surface area (Å²) in [5.74, 6) is 0.636. The Morgan fingerprint density at radius 3 is 2.71 bits per heavy atom. The Bertz CT molecular complexity index is 632. The minimum Gasteiger partial charge on any atom is -0.478 e. The molecule has 0 aromatic heterocycles. The Morgan fingerprint density at radius 1 is 1.41 bits per heavy atom. The summed E-state index contributed by atoms with van der Waals surface area (Å²) in [6.07, 6.45) is 4.89. The van der Waals surface area contributed by atoms with Gasteiger partial charge in [0.05, 0.1) is 9.37 Å². The highest BCUT2D eigenvalue weighted by atomic mass is 79.9. The molecule has 0 N–H and O–H groups in total. The van der Waals surface area contributed by atoms with Gasteiger partial charge in [-0.2, -0.15) is 0 Å². The van der Waals surface area contributed by atoms with Crippen molar-refractivity contribution >= 4 is 37.7 Å². The van der Waals surface area contributed by atoms with Gasteiger partial charge in [0, 0.05) is 12.5 Å². The maximum Gasteiger partial charge on any atom is 0.175 e. The molecule has 17 heavy (non-hydrogen) atoms. The lowest BCUT2D eigenvalue weighted by atomic mass is 10.2. The molecule has 3 rings (SSSR count). The fourth-order valence-corrected chi connectivity index (χ4v) is 3.08. The van der Waals surface area contributed by atoms with Gasteiger partial charge in [0.15, 0.2) is 15.6 Å². The zero-order valence-electron chi connectivity index (χ0n) is 9.10. The van der Waals surface area contributed by atoms with E-state index in [0.29, 0.717) is 15.9 Å². The Morgan fingerprint density at radius 2 is 2.12 bits per heavy atom. The number of benzene rings is 1. The van der Waals surface area contributed by atoms with Crippen molar-refractivity contribution in [3.8, 4) is 5.75 Å². The normalized spacial score (nSPS) is 19.9. The van der Waals surface area contributed by atoms with Gasteiger partial charge < -0.3 is 4.74 Å². The number of sulfone groups is 1. The molecule has 1 spiro atoms. The summed E-state index contributed by atoms with van der Waals surface area (Å²) in [7, 11) is -3.23. The summed E-state index contributed by atoms with van der Waals surface area (Å²) in [6.45, 7) is 0. The van der Waals surface area contributed by atoms with Crippen molar-refractivity contribution in [1.29, 1.82) is 0 Å². The summed E-state index contributed by atoms with van der Waals surface area (Å²) in [5, 5.41) is 0. The number of hydrogen-bond acceptors (Lipinski definition) is 4. The van der Waals surface area contributed by atoms with Crippen LogP contribution in [0.4, 0.5) is 5.69 Å². The summed E-state index contributed by atoms with van der Waals surface area (Å²) < 4.78 is 29.5. The van der Waals surface area contributed by atoms with Crippen molar-refractivity contribution in [2.24, 2.45) is 4.99 Å². The van der Waals surface area contributed by atoms with Gasteiger partial charge in [-0.25, -0.2) is 8.42 Å². The van der Waals surface area contributed by atoms with Crippen LogP contribution in [-0.2, 0) is 9.84 Å². The molecular weight excluding hydrogens is 306 g/mol. The van der Waals surface area contributed by atoms with Gasteiger partial charge in [-0.1, -0.05) is 0 Å². The van der Waals surface area contributed by atoms with Crippen LogP contribution in [0.15, 0.2) is 26.5 Å². The number of hydrogen-bond donors (Lipinski definition) is 0. The molecule has 6 heteroatoms. The van der Waals surface area contributed by atoms with Crippen molar-refractivity contribution in [3.05, 3.63) is 16.6 Å². The second kappa shape index (κ2) is 3.32. The van der Waals surface area contributed by atoms with E-state index in [0.717, 1.165) is 12.8 Å². The molecule has 1 aromatic carbocycles. The monoisotopic (exact) mass is 315 g/mol. The number of fused-ring (bicyclic) bond motifs is 1. The zero-order chi connectivity index (χ0) is 12.3. The average Bonchev–Trinajstić information content (AvgIpc) is 2.98. The maximum atomic E-state index is 11.5. The third kappa shape index (κ3) is 1.89. The average molecular weight is 316 g/mol. The molecule has 1 aliphatic carbocycles. The first-order valence-corrected chi connectivity index (χ1v) is 7.86. The van der Waals surface area contributed by atoms with Crippen LogP contribution in [0.25, 0.3) is 0 Å². The van der Waals surface area contributed by atoms with Crippen molar-refractivity contribution in [3.63, 3.8) is 0 Å². The molecule has 1 aromatic rings. The molecule has 4 nitrogen and oxygen atoms in total. The van der Waals surface area contributed by atoms with Gasteiger partial charge >= 0.3 is 0 Å². The van der Waals surface area contributed by atoms with Crippen LogP contribution in [0.1, 0.15) is 12.8 Å². The molecule has 90 valence electrons. The molecule has 0 saturated heterocycles. The molecule has 2 aliphatic rings. The molecule has 1 saturated carbocycles. The van der Waals surface area contributed by atoms with Crippen LogP contribution in [0.2, 0.25) is 0 Å². The number of halogens is 1. The lowest BCUT2D eigenvalue weighted by Crippen LogP contribution is -2.22. The number of ether oxygens (including phenoxy) is 1. The van der Waals surface area contributed by atoms with Gasteiger partial charge in [-0.15, -0.1) is 0 Å². The topological polar surface area (TPSA) is 55.7 Å². The first-order chi connectivity index (χ1) is 7.90. The van der Waals surface area contributed by atoms with E-state index in [1.54, 1.807) is 18.3 Å². The van der Waals surface area contributed by atoms with Gasteiger partial charge in [0.25, 0.3) is 0 Å². The summed E-state index contributed by atoms with van der Waals surface area (Å²) in [4.78, 5) is 4.54. The second-order valence-electron chi connectivity index (χ2n) is 4.45. The molecule has 1 aliphatic heterocycles. The SMILES string of the molecule is CS(=O)(=O)c1cc(Br)c2c(c1)N=CC1(CC1)O2. The number of nitrogens with zero attached hydrogens (tertiary/aromatic N) is 1. The van der Waals surface area contributed by atoms with Crippen LogP contribution in [0, 0.1) is 0 Å². The molecule has 0 amide bonds. The highest BCUT2D eigenvalue weighted by Gasteiger charge is 2.46. The Hall–Kier alpha value is -0.880. The van der Waals surface area contributed by atoms with E-state index in [1.165, 1.54) is 6.26 Å². The Balaban J connectivity index is 2.16. The minimum absolute atomic E-state index is 0.234. The predicted octanol–water partition coefficient (Wildman–Crippen LogP) is 2.48. The molecule has 0 unspecified atom stereocenters. The summed E-state index contributed by atoms with van der Waals surface area (Å²) in [6, 6.07) is 3.10. The van der Waals surface area contributed by atoms with Gasteiger partial charge in [0.2, 0.25) is 0 Å². The molecule has 0 atom stereocenters.